The standard InChI is InChI=1S/C16H19NO2/c1-12(15-7-8-15)16(19)17-11-14-5-2-4-13(10-14)6-3-9-18/h2,4-5,10,12,15,18H,7-9,11H2,1H3,(H,17,19). The molecule has 2 N–H and O–H groups in total. The molecule has 0 saturated heterocycles. The predicted molar refractivity (Wildman–Crippen MR) is 74.1 cm³/mol. The van der Waals surface area contributed by atoms with E-state index in [1.165, 1.54) is 12.8 Å². The summed E-state index contributed by atoms with van der Waals surface area (Å²) >= 11 is 0. The van der Waals surface area contributed by atoms with Crippen LogP contribution in [-0.4, -0.2) is 17.6 Å². The first-order chi connectivity index (χ1) is 9.20. The molecule has 0 bridgehead atoms. The molecule has 0 spiro atoms. The third-order valence-corrected chi connectivity index (χ3v) is 3.45. The van der Waals surface area contributed by atoms with Crippen molar-refractivity contribution in [2.45, 2.75) is 26.3 Å². The van der Waals surface area contributed by atoms with Gasteiger partial charge < -0.3 is 10.4 Å². The van der Waals surface area contributed by atoms with Gasteiger partial charge in [-0.2, -0.15) is 0 Å². The Labute approximate surface area is 114 Å². The highest BCUT2D eigenvalue weighted by atomic mass is 16.2. The van der Waals surface area contributed by atoms with Gasteiger partial charge in [0.05, 0.1) is 0 Å². The monoisotopic (exact) mass is 257 g/mol. The maximum absolute atomic E-state index is 11.9. The van der Waals surface area contributed by atoms with Crippen LogP contribution in [0.5, 0.6) is 0 Å². The molecule has 2 rings (SSSR count). The van der Waals surface area contributed by atoms with Crippen LogP contribution in [0.25, 0.3) is 0 Å². The van der Waals surface area contributed by atoms with Crippen LogP contribution in [0.1, 0.15) is 30.9 Å². The highest BCUT2D eigenvalue weighted by Gasteiger charge is 2.32. The zero-order valence-corrected chi connectivity index (χ0v) is 11.1. The molecular formula is C16H19NO2. The van der Waals surface area contributed by atoms with Crippen LogP contribution in [0.2, 0.25) is 0 Å². The molecule has 1 unspecified atom stereocenters. The molecule has 1 saturated carbocycles. The van der Waals surface area contributed by atoms with Crippen LogP contribution >= 0.6 is 0 Å². The van der Waals surface area contributed by atoms with Gasteiger partial charge >= 0.3 is 0 Å². The Kier molecular flexibility index (Phi) is 4.59. The van der Waals surface area contributed by atoms with Gasteiger partial charge in [-0.15, -0.1) is 0 Å². The van der Waals surface area contributed by atoms with Crippen LogP contribution in [0.4, 0.5) is 0 Å². The summed E-state index contributed by atoms with van der Waals surface area (Å²) in [5, 5.41) is 11.6. The molecule has 0 heterocycles. The minimum absolute atomic E-state index is 0.123. The number of aliphatic hydroxyl groups excluding tert-OH is 1. The number of benzene rings is 1. The molecular weight excluding hydrogens is 238 g/mol. The molecule has 19 heavy (non-hydrogen) atoms. The van der Waals surface area contributed by atoms with Crippen LogP contribution in [0, 0.1) is 23.7 Å². The van der Waals surface area contributed by atoms with Crippen LogP contribution in [-0.2, 0) is 11.3 Å². The summed E-state index contributed by atoms with van der Waals surface area (Å²) in [6.45, 7) is 2.39. The number of hydrogen-bond acceptors (Lipinski definition) is 2. The molecule has 1 aliphatic rings. The Morgan fingerprint density at radius 1 is 1.53 bits per heavy atom. The summed E-state index contributed by atoms with van der Waals surface area (Å²) in [5.74, 6) is 6.32. The topological polar surface area (TPSA) is 49.3 Å². The fourth-order valence-electron chi connectivity index (χ4n) is 2.06. The zero-order valence-electron chi connectivity index (χ0n) is 11.1. The largest absolute Gasteiger partial charge is 0.384 e. The van der Waals surface area contributed by atoms with Crippen LogP contribution < -0.4 is 5.32 Å². The molecule has 0 radical (unpaired) electrons. The van der Waals surface area contributed by atoms with E-state index in [4.69, 9.17) is 5.11 Å². The Hall–Kier alpha value is -1.79. The minimum atomic E-state index is -0.139. The van der Waals surface area contributed by atoms with E-state index in [9.17, 15) is 4.79 Å². The maximum atomic E-state index is 11.9. The Morgan fingerprint density at radius 3 is 3.00 bits per heavy atom. The van der Waals surface area contributed by atoms with Crippen molar-refractivity contribution in [3.05, 3.63) is 35.4 Å². The number of carbonyl (C=O) groups excluding carboxylic acids is 1. The summed E-state index contributed by atoms with van der Waals surface area (Å²) in [6.07, 6.45) is 2.36. The Morgan fingerprint density at radius 2 is 2.32 bits per heavy atom. The normalized spacial score (nSPS) is 15.3. The van der Waals surface area contributed by atoms with Crippen molar-refractivity contribution in [2.24, 2.45) is 11.8 Å². The average molecular weight is 257 g/mol. The van der Waals surface area contributed by atoms with E-state index in [1.807, 2.05) is 31.2 Å². The first-order valence-corrected chi connectivity index (χ1v) is 6.67. The fourth-order valence-corrected chi connectivity index (χ4v) is 2.06. The molecule has 1 aromatic rings. The molecule has 3 nitrogen and oxygen atoms in total. The molecule has 0 aromatic heterocycles. The highest BCUT2D eigenvalue weighted by Crippen LogP contribution is 2.36. The summed E-state index contributed by atoms with van der Waals surface area (Å²) in [5.41, 5.74) is 1.89. The summed E-state index contributed by atoms with van der Waals surface area (Å²) in [7, 11) is 0. The van der Waals surface area contributed by atoms with Gasteiger partial charge in [-0.05, 0) is 36.5 Å². The average Bonchev–Trinajstić information content (AvgIpc) is 3.26. The van der Waals surface area contributed by atoms with Gasteiger partial charge in [0.15, 0.2) is 0 Å². The molecule has 1 aromatic carbocycles. The summed E-state index contributed by atoms with van der Waals surface area (Å²) < 4.78 is 0. The number of rotatable bonds is 4. The number of carbonyl (C=O) groups is 1. The minimum Gasteiger partial charge on any atom is -0.384 e. The lowest BCUT2D eigenvalue weighted by atomic mass is 10.1. The molecule has 1 amide bonds. The van der Waals surface area contributed by atoms with Gasteiger partial charge in [0.1, 0.15) is 6.61 Å². The quantitative estimate of drug-likeness (QED) is 0.806. The number of nitrogens with one attached hydrogen (secondary N) is 1. The van der Waals surface area contributed by atoms with E-state index in [1.54, 1.807) is 0 Å². The van der Waals surface area contributed by atoms with E-state index < -0.39 is 0 Å². The van der Waals surface area contributed by atoms with Gasteiger partial charge in [0, 0.05) is 18.0 Å². The second-order valence-electron chi connectivity index (χ2n) is 5.00. The number of aliphatic hydroxyl groups is 1. The molecule has 1 fully saturated rings. The van der Waals surface area contributed by atoms with Crippen molar-refractivity contribution in [3.63, 3.8) is 0 Å². The molecule has 1 aliphatic carbocycles. The summed E-state index contributed by atoms with van der Waals surface area (Å²) in [6, 6.07) is 7.70. The van der Waals surface area contributed by atoms with E-state index in [2.05, 4.69) is 17.2 Å². The van der Waals surface area contributed by atoms with E-state index in [0.29, 0.717) is 12.5 Å². The van der Waals surface area contributed by atoms with Crippen molar-refractivity contribution in [1.82, 2.24) is 5.32 Å². The van der Waals surface area contributed by atoms with Gasteiger partial charge in [0.2, 0.25) is 5.91 Å². The lowest BCUT2D eigenvalue weighted by Crippen LogP contribution is -2.29. The van der Waals surface area contributed by atoms with Crippen molar-refractivity contribution in [2.75, 3.05) is 6.61 Å². The molecule has 0 aliphatic heterocycles. The highest BCUT2D eigenvalue weighted by molar-refractivity contribution is 5.78. The Balaban J connectivity index is 1.90. The lowest BCUT2D eigenvalue weighted by Gasteiger charge is -2.11. The van der Waals surface area contributed by atoms with Crippen molar-refractivity contribution >= 4 is 5.91 Å². The second-order valence-corrected chi connectivity index (χ2v) is 5.00. The first kappa shape index (κ1) is 13.6. The van der Waals surface area contributed by atoms with E-state index >= 15 is 0 Å². The molecule has 1 atom stereocenters. The van der Waals surface area contributed by atoms with Crippen molar-refractivity contribution < 1.29 is 9.90 Å². The van der Waals surface area contributed by atoms with Crippen molar-refractivity contribution in [1.29, 1.82) is 0 Å². The summed E-state index contributed by atoms with van der Waals surface area (Å²) in [4.78, 5) is 11.9. The predicted octanol–water partition coefficient (Wildman–Crippen LogP) is 1.69. The SMILES string of the molecule is CC(C(=O)NCc1cccc(C#CCO)c1)C1CC1. The van der Waals surface area contributed by atoms with Gasteiger partial charge in [0.25, 0.3) is 0 Å². The van der Waals surface area contributed by atoms with Gasteiger partial charge in [-0.25, -0.2) is 0 Å². The van der Waals surface area contributed by atoms with Crippen LogP contribution in [0.3, 0.4) is 0 Å². The van der Waals surface area contributed by atoms with E-state index in [0.717, 1.165) is 11.1 Å². The van der Waals surface area contributed by atoms with E-state index in [-0.39, 0.29) is 18.4 Å². The zero-order chi connectivity index (χ0) is 13.7. The first-order valence-electron chi connectivity index (χ1n) is 6.67. The Bertz CT molecular complexity index is 509. The van der Waals surface area contributed by atoms with Crippen molar-refractivity contribution in [3.8, 4) is 11.8 Å². The second kappa shape index (κ2) is 6.40. The maximum Gasteiger partial charge on any atom is 0.223 e. The number of amides is 1. The molecule has 3 heteroatoms. The fraction of sp³-hybridized carbons (Fsp3) is 0.438. The smallest absolute Gasteiger partial charge is 0.223 e. The van der Waals surface area contributed by atoms with Gasteiger partial charge in [-0.1, -0.05) is 30.9 Å². The third-order valence-electron chi connectivity index (χ3n) is 3.45. The van der Waals surface area contributed by atoms with Gasteiger partial charge in [-0.3, -0.25) is 4.79 Å². The number of hydrogen-bond donors (Lipinski definition) is 2. The lowest BCUT2D eigenvalue weighted by molar-refractivity contribution is -0.125. The third kappa shape index (κ3) is 4.11. The van der Waals surface area contributed by atoms with Crippen LogP contribution in [0.15, 0.2) is 24.3 Å². The molecule has 100 valence electrons.